The van der Waals surface area contributed by atoms with Crippen LogP contribution in [0.5, 0.6) is 0 Å². The van der Waals surface area contributed by atoms with E-state index in [-0.39, 0.29) is 16.8 Å². The summed E-state index contributed by atoms with van der Waals surface area (Å²) in [6, 6.07) is 7.24. The van der Waals surface area contributed by atoms with E-state index in [0.717, 1.165) is 18.2 Å². The Balaban J connectivity index is 2.35. The number of nitrogens with one attached hydrogen (secondary N) is 1. The minimum Gasteiger partial charge on any atom is -0.319 e. The van der Waals surface area contributed by atoms with Crippen LogP contribution < -0.4 is 5.32 Å². The molecule has 1 N–H and O–H groups in total. The number of amides is 1. The average Bonchev–Trinajstić information content (AvgIpc) is 2.45. The maximum atomic E-state index is 13.8. The number of carbonyl (C=O) groups excluding carboxylic acids is 1. The molecular weight excluding hydrogens is 281 g/mol. The molecule has 2 aromatic carbocycles. The van der Waals surface area contributed by atoms with Crippen molar-refractivity contribution in [2.45, 2.75) is 6.92 Å². The predicted octanol–water partition coefficient (Wildman–Crippen LogP) is 3.54. The number of hydrogen-bond donors (Lipinski definition) is 1. The number of nitriles is 1. The van der Waals surface area contributed by atoms with Crippen molar-refractivity contribution >= 4 is 11.6 Å². The van der Waals surface area contributed by atoms with Gasteiger partial charge < -0.3 is 5.32 Å². The third-order valence-corrected chi connectivity index (χ3v) is 2.86. The van der Waals surface area contributed by atoms with E-state index >= 15 is 0 Å². The first-order valence-corrected chi connectivity index (χ1v) is 5.89. The van der Waals surface area contributed by atoms with Crippen LogP contribution in [-0.2, 0) is 0 Å². The third-order valence-electron chi connectivity index (χ3n) is 2.86. The van der Waals surface area contributed by atoms with Gasteiger partial charge >= 0.3 is 0 Å². The lowest BCUT2D eigenvalue weighted by atomic mass is 10.1. The molecule has 0 aromatic heterocycles. The molecule has 0 fully saturated rings. The first-order valence-electron chi connectivity index (χ1n) is 5.89. The van der Waals surface area contributed by atoms with Crippen molar-refractivity contribution in [1.29, 1.82) is 5.26 Å². The molecule has 1 amide bonds. The Morgan fingerprint density at radius 1 is 1.14 bits per heavy atom. The Hall–Kier alpha value is -2.81. The van der Waals surface area contributed by atoms with Gasteiger partial charge in [0.15, 0.2) is 0 Å². The number of nitrogens with zero attached hydrogens (tertiary/aromatic N) is 1. The number of halogens is 3. The van der Waals surface area contributed by atoms with Crippen molar-refractivity contribution < 1.29 is 18.0 Å². The van der Waals surface area contributed by atoms with Crippen LogP contribution in [0.25, 0.3) is 0 Å². The number of anilines is 1. The molecule has 0 saturated carbocycles. The normalized spacial score (nSPS) is 10.0. The van der Waals surface area contributed by atoms with Crippen LogP contribution in [0.15, 0.2) is 30.3 Å². The zero-order valence-corrected chi connectivity index (χ0v) is 10.9. The molecule has 0 aliphatic heterocycles. The van der Waals surface area contributed by atoms with Crippen molar-refractivity contribution in [1.82, 2.24) is 0 Å². The summed E-state index contributed by atoms with van der Waals surface area (Å²) in [5.41, 5.74) is -0.877. The summed E-state index contributed by atoms with van der Waals surface area (Å²) >= 11 is 0. The molecule has 0 heterocycles. The summed E-state index contributed by atoms with van der Waals surface area (Å²) in [5, 5.41) is 10.7. The molecule has 2 rings (SSSR count). The molecule has 0 saturated heterocycles. The van der Waals surface area contributed by atoms with Gasteiger partial charge in [-0.3, -0.25) is 4.79 Å². The Kier molecular flexibility index (Phi) is 3.94. The van der Waals surface area contributed by atoms with E-state index in [1.165, 1.54) is 19.1 Å². The van der Waals surface area contributed by atoms with Crippen LogP contribution >= 0.6 is 0 Å². The van der Waals surface area contributed by atoms with Gasteiger partial charge in [-0.2, -0.15) is 5.26 Å². The van der Waals surface area contributed by atoms with E-state index < -0.39 is 28.9 Å². The third kappa shape index (κ3) is 2.87. The maximum absolute atomic E-state index is 13.8. The zero-order chi connectivity index (χ0) is 15.6. The van der Waals surface area contributed by atoms with E-state index in [1.807, 2.05) is 0 Å². The fraction of sp³-hybridized carbons (Fsp3) is 0.0667. The maximum Gasteiger partial charge on any atom is 0.261 e. The van der Waals surface area contributed by atoms with Crippen molar-refractivity contribution in [3.05, 3.63) is 64.5 Å². The van der Waals surface area contributed by atoms with Crippen LogP contribution in [0.3, 0.4) is 0 Å². The van der Waals surface area contributed by atoms with E-state index in [4.69, 9.17) is 5.26 Å². The van der Waals surface area contributed by atoms with Gasteiger partial charge in [0.2, 0.25) is 0 Å². The van der Waals surface area contributed by atoms with Crippen LogP contribution in [0.4, 0.5) is 18.9 Å². The zero-order valence-electron chi connectivity index (χ0n) is 10.9. The summed E-state index contributed by atoms with van der Waals surface area (Å²) < 4.78 is 41.0. The van der Waals surface area contributed by atoms with Crippen molar-refractivity contribution in [3.8, 4) is 6.07 Å². The van der Waals surface area contributed by atoms with Crippen molar-refractivity contribution in [3.63, 3.8) is 0 Å². The van der Waals surface area contributed by atoms with E-state index in [2.05, 4.69) is 5.32 Å². The molecule has 21 heavy (non-hydrogen) atoms. The molecule has 2 aromatic rings. The van der Waals surface area contributed by atoms with Gasteiger partial charge in [-0.1, -0.05) is 6.07 Å². The number of benzene rings is 2. The lowest BCUT2D eigenvalue weighted by Gasteiger charge is -2.09. The summed E-state index contributed by atoms with van der Waals surface area (Å²) in [4.78, 5) is 11.9. The Bertz CT molecular complexity index is 766. The fourth-order valence-corrected chi connectivity index (χ4v) is 1.74. The van der Waals surface area contributed by atoms with Gasteiger partial charge in [-0.05, 0) is 36.8 Å². The molecule has 0 atom stereocenters. The second-order valence-electron chi connectivity index (χ2n) is 4.31. The second kappa shape index (κ2) is 5.67. The lowest BCUT2D eigenvalue weighted by molar-refractivity contribution is 0.101. The molecule has 0 bridgehead atoms. The molecule has 106 valence electrons. The summed E-state index contributed by atoms with van der Waals surface area (Å²) in [5.74, 6) is -4.00. The number of aryl methyl sites for hydroxylation is 1. The lowest BCUT2D eigenvalue weighted by Crippen LogP contribution is -2.17. The number of rotatable bonds is 2. The van der Waals surface area contributed by atoms with Gasteiger partial charge in [0.25, 0.3) is 5.91 Å². The van der Waals surface area contributed by atoms with Gasteiger partial charge in [0.05, 0.1) is 17.3 Å². The first-order chi connectivity index (χ1) is 9.93. The van der Waals surface area contributed by atoms with E-state index in [9.17, 15) is 18.0 Å². The van der Waals surface area contributed by atoms with Crippen LogP contribution in [-0.4, -0.2) is 5.91 Å². The molecule has 0 unspecified atom stereocenters. The molecule has 0 aliphatic carbocycles. The standard InChI is InChI=1S/C15H9F3N2O/c1-8-2-4-10(16)13(14(8)18)15(21)20-12-5-3-9(7-19)6-11(12)17/h2-6H,1H3,(H,20,21). The predicted molar refractivity (Wildman–Crippen MR) is 70.2 cm³/mol. The first kappa shape index (κ1) is 14.6. The SMILES string of the molecule is Cc1ccc(F)c(C(=O)Nc2ccc(C#N)cc2F)c1F. The average molecular weight is 290 g/mol. The van der Waals surface area contributed by atoms with Crippen molar-refractivity contribution in [2.75, 3.05) is 5.32 Å². The van der Waals surface area contributed by atoms with Crippen LogP contribution in [0.2, 0.25) is 0 Å². The monoisotopic (exact) mass is 290 g/mol. The summed E-state index contributed by atoms with van der Waals surface area (Å²) in [7, 11) is 0. The molecular formula is C15H9F3N2O. The van der Waals surface area contributed by atoms with Gasteiger partial charge in [0.1, 0.15) is 23.0 Å². The topological polar surface area (TPSA) is 52.9 Å². The van der Waals surface area contributed by atoms with Gasteiger partial charge in [-0.15, -0.1) is 0 Å². The number of hydrogen-bond acceptors (Lipinski definition) is 2. The highest BCUT2D eigenvalue weighted by Gasteiger charge is 2.20. The van der Waals surface area contributed by atoms with E-state index in [1.54, 1.807) is 6.07 Å². The molecule has 0 aliphatic rings. The summed E-state index contributed by atoms with van der Waals surface area (Å²) in [6.45, 7) is 1.38. The highest BCUT2D eigenvalue weighted by molar-refractivity contribution is 6.04. The summed E-state index contributed by atoms with van der Waals surface area (Å²) in [6.07, 6.45) is 0. The smallest absolute Gasteiger partial charge is 0.261 e. The molecule has 0 radical (unpaired) electrons. The molecule has 3 nitrogen and oxygen atoms in total. The second-order valence-corrected chi connectivity index (χ2v) is 4.31. The Morgan fingerprint density at radius 3 is 2.48 bits per heavy atom. The minimum absolute atomic E-state index is 0.0680. The van der Waals surface area contributed by atoms with Gasteiger partial charge in [0, 0.05) is 0 Å². The van der Waals surface area contributed by atoms with E-state index in [0.29, 0.717) is 0 Å². The van der Waals surface area contributed by atoms with Crippen molar-refractivity contribution in [2.24, 2.45) is 0 Å². The highest BCUT2D eigenvalue weighted by Crippen LogP contribution is 2.20. The minimum atomic E-state index is -1.10. The Labute approximate surface area is 118 Å². The molecule has 0 spiro atoms. The fourth-order valence-electron chi connectivity index (χ4n) is 1.74. The van der Waals surface area contributed by atoms with Gasteiger partial charge in [-0.25, -0.2) is 13.2 Å². The Morgan fingerprint density at radius 2 is 1.86 bits per heavy atom. The molecule has 6 heteroatoms. The van der Waals surface area contributed by atoms with Crippen LogP contribution in [0, 0.1) is 35.7 Å². The largest absolute Gasteiger partial charge is 0.319 e. The highest BCUT2D eigenvalue weighted by atomic mass is 19.1. The quantitative estimate of drug-likeness (QED) is 0.919. The van der Waals surface area contributed by atoms with Crippen LogP contribution in [0.1, 0.15) is 21.5 Å². The number of carbonyl (C=O) groups is 1.